The van der Waals surface area contributed by atoms with Crippen LogP contribution in [-0.4, -0.2) is 54.0 Å². The largest absolute Gasteiger partial charge is 0.475 e. The zero-order valence-corrected chi connectivity index (χ0v) is 10.8. The summed E-state index contributed by atoms with van der Waals surface area (Å²) in [6.07, 6.45) is 1.35. The number of amides is 1. The van der Waals surface area contributed by atoms with Gasteiger partial charge in [0.2, 0.25) is 11.7 Å². The van der Waals surface area contributed by atoms with Gasteiger partial charge < -0.3 is 14.4 Å². The first kappa shape index (κ1) is 14.2. The summed E-state index contributed by atoms with van der Waals surface area (Å²) >= 11 is 0. The van der Waals surface area contributed by atoms with Crippen LogP contribution in [0.2, 0.25) is 0 Å². The van der Waals surface area contributed by atoms with Crippen molar-refractivity contribution in [2.45, 2.75) is 13.5 Å². The van der Waals surface area contributed by atoms with Crippen LogP contribution in [-0.2, 0) is 11.3 Å². The number of hydrogen-bond acceptors (Lipinski definition) is 4. The molecule has 0 spiro atoms. The van der Waals surface area contributed by atoms with Crippen LogP contribution in [0.5, 0.6) is 0 Å². The highest BCUT2D eigenvalue weighted by atomic mass is 16.4. The lowest BCUT2D eigenvalue weighted by Gasteiger charge is -2.21. The summed E-state index contributed by atoms with van der Waals surface area (Å²) in [6.45, 7) is 3.22. The second-order valence-electron chi connectivity index (χ2n) is 4.17. The molecule has 0 saturated carbocycles. The Morgan fingerprint density at radius 2 is 2.06 bits per heavy atom. The molecule has 0 saturated heterocycles. The van der Waals surface area contributed by atoms with E-state index in [1.165, 1.54) is 11.2 Å². The molecule has 100 valence electrons. The van der Waals surface area contributed by atoms with Gasteiger partial charge in [0.1, 0.15) is 0 Å². The average molecular weight is 254 g/mol. The van der Waals surface area contributed by atoms with Gasteiger partial charge in [0.15, 0.2) is 0 Å². The van der Waals surface area contributed by atoms with E-state index in [0.717, 1.165) is 0 Å². The number of carbonyl (C=O) groups is 2. The molecule has 0 aromatic carbocycles. The summed E-state index contributed by atoms with van der Waals surface area (Å²) in [5.74, 6) is -1.17. The van der Waals surface area contributed by atoms with Crippen molar-refractivity contribution in [3.63, 3.8) is 0 Å². The number of hydrogen-bond donors (Lipinski definition) is 1. The van der Waals surface area contributed by atoms with E-state index in [1.54, 1.807) is 20.2 Å². The molecule has 0 radical (unpaired) electrons. The van der Waals surface area contributed by atoms with Gasteiger partial charge in [0.25, 0.3) is 0 Å². The van der Waals surface area contributed by atoms with Crippen LogP contribution in [0, 0.1) is 0 Å². The Balaban J connectivity index is 2.71. The molecule has 0 aliphatic rings. The van der Waals surface area contributed by atoms with E-state index in [0.29, 0.717) is 18.7 Å². The lowest BCUT2D eigenvalue weighted by atomic mass is 10.2. The van der Waals surface area contributed by atoms with E-state index in [1.807, 2.05) is 11.8 Å². The maximum atomic E-state index is 11.6. The van der Waals surface area contributed by atoms with Crippen molar-refractivity contribution in [3.05, 3.63) is 23.7 Å². The minimum Gasteiger partial charge on any atom is -0.475 e. The molecule has 6 nitrogen and oxygen atoms in total. The molecule has 0 atom stereocenters. The minimum atomic E-state index is -1.09. The fourth-order valence-electron chi connectivity index (χ4n) is 1.50. The Labute approximate surface area is 106 Å². The van der Waals surface area contributed by atoms with Crippen molar-refractivity contribution in [1.82, 2.24) is 9.80 Å². The molecule has 6 heteroatoms. The van der Waals surface area contributed by atoms with Gasteiger partial charge in [0.05, 0.1) is 12.8 Å². The smallest absolute Gasteiger partial charge is 0.372 e. The third kappa shape index (κ3) is 3.59. The summed E-state index contributed by atoms with van der Waals surface area (Å²) < 4.78 is 4.90. The maximum Gasteiger partial charge on any atom is 0.372 e. The van der Waals surface area contributed by atoms with Crippen LogP contribution in [0.25, 0.3) is 0 Å². The SMILES string of the molecule is CCN(CC(=O)N(C)C)Cc1ccoc1C(=O)O. The van der Waals surface area contributed by atoms with Crippen LogP contribution in [0.1, 0.15) is 23.0 Å². The minimum absolute atomic E-state index is 0.0165. The number of carboxylic acids is 1. The van der Waals surface area contributed by atoms with Crippen molar-refractivity contribution < 1.29 is 19.1 Å². The van der Waals surface area contributed by atoms with Crippen LogP contribution in [0.15, 0.2) is 16.7 Å². The highest BCUT2D eigenvalue weighted by molar-refractivity contribution is 5.86. The molecular formula is C12H18N2O4. The molecule has 0 unspecified atom stereocenters. The molecule has 1 aromatic heterocycles. The first-order valence-electron chi connectivity index (χ1n) is 5.67. The van der Waals surface area contributed by atoms with Gasteiger partial charge in [-0.25, -0.2) is 4.79 Å². The molecule has 0 aliphatic carbocycles. The van der Waals surface area contributed by atoms with E-state index in [2.05, 4.69) is 0 Å². The fraction of sp³-hybridized carbons (Fsp3) is 0.500. The first-order chi connectivity index (χ1) is 8.45. The maximum absolute atomic E-state index is 11.6. The molecular weight excluding hydrogens is 236 g/mol. The highest BCUT2D eigenvalue weighted by Gasteiger charge is 2.18. The number of likely N-dealkylation sites (N-methyl/N-ethyl adjacent to an activating group) is 2. The molecule has 0 fully saturated rings. The zero-order chi connectivity index (χ0) is 13.7. The van der Waals surface area contributed by atoms with Crippen molar-refractivity contribution in [2.75, 3.05) is 27.2 Å². The van der Waals surface area contributed by atoms with E-state index in [-0.39, 0.29) is 18.2 Å². The second-order valence-corrected chi connectivity index (χ2v) is 4.17. The number of carbonyl (C=O) groups excluding carboxylic acids is 1. The quantitative estimate of drug-likeness (QED) is 0.816. The standard InChI is InChI=1S/C12H18N2O4/c1-4-14(8-10(15)13(2)3)7-9-5-6-18-11(9)12(16)17/h5-6H,4,7-8H2,1-3H3,(H,16,17). The van der Waals surface area contributed by atoms with E-state index >= 15 is 0 Å². The molecule has 1 heterocycles. The predicted molar refractivity (Wildman–Crippen MR) is 65.3 cm³/mol. The molecule has 1 N–H and O–H groups in total. The second kappa shape index (κ2) is 6.20. The van der Waals surface area contributed by atoms with Gasteiger partial charge in [-0.3, -0.25) is 9.69 Å². The topological polar surface area (TPSA) is 74.0 Å². The van der Waals surface area contributed by atoms with Crippen LogP contribution in [0.4, 0.5) is 0 Å². The normalized spacial score (nSPS) is 10.7. The van der Waals surface area contributed by atoms with Crippen molar-refractivity contribution in [3.8, 4) is 0 Å². The summed E-state index contributed by atoms with van der Waals surface area (Å²) in [7, 11) is 3.38. The number of rotatable bonds is 6. The van der Waals surface area contributed by atoms with Gasteiger partial charge in [-0.1, -0.05) is 6.92 Å². The zero-order valence-electron chi connectivity index (χ0n) is 10.8. The van der Waals surface area contributed by atoms with E-state index in [9.17, 15) is 9.59 Å². The Bertz CT molecular complexity index is 425. The molecule has 0 aliphatic heterocycles. The third-order valence-corrected chi connectivity index (χ3v) is 2.64. The van der Waals surface area contributed by atoms with Gasteiger partial charge in [0, 0.05) is 26.2 Å². The summed E-state index contributed by atoms with van der Waals surface area (Å²) in [5.41, 5.74) is 0.580. The van der Waals surface area contributed by atoms with Gasteiger partial charge in [-0.2, -0.15) is 0 Å². The van der Waals surface area contributed by atoms with Crippen molar-refractivity contribution in [1.29, 1.82) is 0 Å². The predicted octanol–water partition coefficient (Wildman–Crippen LogP) is 0.888. The van der Waals surface area contributed by atoms with Crippen LogP contribution >= 0.6 is 0 Å². The molecule has 0 bridgehead atoms. The number of furan rings is 1. The summed E-state index contributed by atoms with van der Waals surface area (Å²) in [4.78, 5) is 25.9. The van der Waals surface area contributed by atoms with Crippen LogP contribution in [0.3, 0.4) is 0 Å². The van der Waals surface area contributed by atoms with E-state index in [4.69, 9.17) is 9.52 Å². The Kier molecular flexibility index (Phi) is 4.91. The fourth-order valence-corrected chi connectivity index (χ4v) is 1.50. The summed E-state index contributed by atoms with van der Waals surface area (Å²) in [6, 6.07) is 1.62. The lowest BCUT2D eigenvalue weighted by molar-refractivity contribution is -0.130. The average Bonchev–Trinajstić information content (AvgIpc) is 2.75. The molecule has 1 amide bonds. The Morgan fingerprint density at radius 3 is 2.56 bits per heavy atom. The van der Waals surface area contributed by atoms with Gasteiger partial charge >= 0.3 is 5.97 Å². The number of carboxylic acid groups (broad SMARTS) is 1. The van der Waals surface area contributed by atoms with E-state index < -0.39 is 5.97 Å². The highest BCUT2D eigenvalue weighted by Crippen LogP contribution is 2.13. The van der Waals surface area contributed by atoms with Crippen molar-refractivity contribution >= 4 is 11.9 Å². The molecule has 18 heavy (non-hydrogen) atoms. The summed E-state index contributed by atoms with van der Waals surface area (Å²) in [5, 5.41) is 8.92. The monoisotopic (exact) mass is 254 g/mol. The Hall–Kier alpha value is -1.82. The third-order valence-electron chi connectivity index (χ3n) is 2.64. The molecule has 1 rings (SSSR count). The Morgan fingerprint density at radius 1 is 1.39 bits per heavy atom. The first-order valence-corrected chi connectivity index (χ1v) is 5.67. The number of aromatic carboxylic acids is 1. The van der Waals surface area contributed by atoms with Gasteiger partial charge in [-0.15, -0.1) is 0 Å². The van der Waals surface area contributed by atoms with Crippen molar-refractivity contribution in [2.24, 2.45) is 0 Å². The number of nitrogens with zero attached hydrogens (tertiary/aromatic N) is 2. The van der Waals surface area contributed by atoms with Crippen LogP contribution < -0.4 is 0 Å². The van der Waals surface area contributed by atoms with Gasteiger partial charge in [-0.05, 0) is 12.6 Å². The lowest BCUT2D eigenvalue weighted by Crippen LogP contribution is -2.36. The molecule has 1 aromatic rings.